The first-order valence-corrected chi connectivity index (χ1v) is 29.2. The second-order valence-electron chi connectivity index (χ2n) is 20.7. The normalized spacial score (nSPS) is 17.1. The Morgan fingerprint density at radius 3 is 1.89 bits per heavy atom. The quantitative estimate of drug-likeness (QED) is 0.00992. The Balaban J connectivity index is 1.34. The Morgan fingerprint density at radius 1 is 0.797 bits per heavy atom. The summed E-state index contributed by atoms with van der Waals surface area (Å²) in [5, 5.41) is 9.69. The lowest BCUT2D eigenvalue weighted by Crippen LogP contribution is -2.43. The number of methoxy groups -OCH3 is 3. The molecule has 0 radical (unpaired) electrons. The van der Waals surface area contributed by atoms with E-state index in [1.807, 2.05) is 80.8 Å². The molecule has 1 fully saturated rings. The lowest BCUT2D eigenvalue weighted by Gasteiger charge is -2.39. The zero-order chi connectivity index (χ0) is 56.6. The highest BCUT2D eigenvalue weighted by Crippen LogP contribution is 2.52. The molecule has 430 valence electrons. The molecule has 2 aromatic heterocycles. The SMILES string of the molecule is COC(=O)CCCCCCCCCCCCCCCO[C@@H]1[C@H](OP(OCCC#N)N(C(C)C)C(C)C)[C@@H](COC(c2ccccc2)(c2ccc(OC)cc2)c2ccc(OC)cc2)O[C@H]1n1cnc2c(=O)[nH]c(N=CN(C)C)nc21. The zero-order valence-corrected chi connectivity index (χ0v) is 48.9. The van der Waals surface area contributed by atoms with Crippen LogP contribution >= 0.6 is 8.53 Å². The van der Waals surface area contributed by atoms with E-state index in [9.17, 15) is 14.9 Å². The number of benzene rings is 3. The van der Waals surface area contributed by atoms with Crippen LogP contribution in [0.4, 0.5) is 5.95 Å². The van der Waals surface area contributed by atoms with Crippen molar-refractivity contribution in [2.75, 3.05) is 55.2 Å². The molecule has 1 aliphatic heterocycles. The fraction of sp³-hybridized carbons (Fsp3) is 0.567. The number of esters is 1. The number of unbranched alkanes of at least 4 members (excludes halogenated alkanes) is 12. The molecular formula is C60H85N8O10P. The van der Waals surface area contributed by atoms with Gasteiger partial charge < -0.3 is 42.4 Å². The van der Waals surface area contributed by atoms with E-state index in [0.29, 0.717) is 24.5 Å². The molecule has 0 amide bonds. The van der Waals surface area contributed by atoms with Gasteiger partial charge >= 0.3 is 5.97 Å². The van der Waals surface area contributed by atoms with Crippen molar-refractivity contribution in [3.05, 3.63) is 112 Å². The highest BCUT2D eigenvalue weighted by Gasteiger charge is 2.52. The van der Waals surface area contributed by atoms with Gasteiger partial charge in [-0.3, -0.25) is 19.1 Å². The Kier molecular flexibility index (Phi) is 25.7. The summed E-state index contributed by atoms with van der Waals surface area (Å²) in [6.07, 6.45) is 14.9. The lowest BCUT2D eigenvalue weighted by molar-refractivity contribution is -0.140. The highest BCUT2D eigenvalue weighted by molar-refractivity contribution is 7.44. The number of hydrogen-bond donors (Lipinski definition) is 1. The maximum atomic E-state index is 13.7. The number of nitrogens with zero attached hydrogens (tertiary/aromatic N) is 7. The van der Waals surface area contributed by atoms with Crippen molar-refractivity contribution in [2.45, 2.75) is 166 Å². The standard InChI is InChI=1S/C60H85N8O10P/c1-44(2)68(45(3)4)79(76-40-26-38-61)78-54-51(41-75-60(46-27-22-21-23-28-46,47-30-34-49(71-7)35-31-47)48-32-36-50(72-8)37-33-48)77-58(67-43-62-53-56(67)64-59(65-57(53)70)63-42-66(5)6)55(54)74-39-25-20-18-16-14-12-10-11-13-15-17-19-24-29-52(69)73-9/h21-23,27-28,30-37,42-45,51,54-55,58H,10-20,24-26,29,39-41H2,1-9H3,(H,64,65,70)/t51-,54-,55-,58-,79?/m1/s1. The fourth-order valence-corrected chi connectivity index (χ4v) is 11.8. The number of carbonyl (C=O) groups excluding carboxylic acids is 1. The number of imidazole rings is 1. The Morgan fingerprint density at radius 2 is 1.35 bits per heavy atom. The van der Waals surface area contributed by atoms with Gasteiger partial charge in [0, 0.05) is 39.2 Å². The van der Waals surface area contributed by atoms with Gasteiger partial charge in [0.15, 0.2) is 17.4 Å². The predicted octanol–water partition coefficient (Wildman–Crippen LogP) is 11.9. The minimum absolute atomic E-state index is 0.00121. The van der Waals surface area contributed by atoms with Gasteiger partial charge in [0.25, 0.3) is 14.1 Å². The van der Waals surface area contributed by atoms with Gasteiger partial charge in [-0.1, -0.05) is 125 Å². The van der Waals surface area contributed by atoms with E-state index in [2.05, 4.69) is 65.5 Å². The summed E-state index contributed by atoms with van der Waals surface area (Å²) in [7, 11) is 6.57. The minimum atomic E-state index is -1.83. The number of aromatic nitrogens is 4. The van der Waals surface area contributed by atoms with Crippen LogP contribution in [-0.4, -0.2) is 127 Å². The summed E-state index contributed by atoms with van der Waals surface area (Å²) < 4.78 is 55.9. The first kappa shape index (κ1) is 62.4. The number of nitriles is 1. The van der Waals surface area contributed by atoms with E-state index in [1.54, 1.807) is 36.4 Å². The molecule has 0 saturated carbocycles. The van der Waals surface area contributed by atoms with E-state index in [-0.39, 0.29) is 54.8 Å². The van der Waals surface area contributed by atoms with Gasteiger partial charge in [0.1, 0.15) is 35.4 Å². The minimum Gasteiger partial charge on any atom is -0.497 e. The van der Waals surface area contributed by atoms with Gasteiger partial charge in [-0.15, -0.1) is 0 Å². The van der Waals surface area contributed by atoms with Crippen LogP contribution in [0.3, 0.4) is 0 Å². The number of ether oxygens (including phenoxy) is 6. The van der Waals surface area contributed by atoms with Crippen LogP contribution in [0.2, 0.25) is 0 Å². The lowest BCUT2D eigenvalue weighted by atomic mass is 9.80. The Labute approximate surface area is 469 Å². The van der Waals surface area contributed by atoms with Crippen LogP contribution in [0, 0.1) is 11.3 Å². The van der Waals surface area contributed by atoms with Crippen LogP contribution in [-0.2, 0) is 38.4 Å². The average Bonchev–Trinajstić information content (AvgIpc) is 4.29. The van der Waals surface area contributed by atoms with Crippen LogP contribution in [0.25, 0.3) is 11.2 Å². The van der Waals surface area contributed by atoms with Crippen molar-refractivity contribution < 1.29 is 42.3 Å². The molecular weight excluding hydrogens is 1020 g/mol. The van der Waals surface area contributed by atoms with Gasteiger partial charge in [-0.05, 0) is 81.5 Å². The predicted molar refractivity (Wildman–Crippen MR) is 309 cm³/mol. The molecule has 18 nitrogen and oxygen atoms in total. The van der Waals surface area contributed by atoms with E-state index in [1.165, 1.54) is 45.6 Å². The van der Waals surface area contributed by atoms with E-state index in [0.717, 1.165) is 61.6 Å². The van der Waals surface area contributed by atoms with Crippen LogP contribution in [0.15, 0.2) is 95.0 Å². The number of hydrogen-bond acceptors (Lipinski definition) is 15. The first-order chi connectivity index (χ1) is 38.3. The number of aliphatic imine (C=N–C) groups is 1. The number of rotatable bonds is 36. The summed E-state index contributed by atoms with van der Waals surface area (Å²) in [6, 6.07) is 28.1. The monoisotopic (exact) mass is 1110 g/mol. The van der Waals surface area contributed by atoms with Crippen LogP contribution in [0.5, 0.6) is 11.5 Å². The molecule has 19 heteroatoms. The van der Waals surface area contributed by atoms with Gasteiger partial charge in [0.05, 0.1) is 59.7 Å². The van der Waals surface area contributed by atoms with Gasteiger partial charge in [-0.2, -0.15) is 10.2 Å². The fourth-order valence-electron chi connectivity index (χ4n) is 10.0. The molecule has 5 atom stereocenters. The second kappa shape index (κ2) is 32.5. The van der Waals surface area contributed by atoms with E-state index >= 15 is 0 Å². The number of aromatic amines is 1. The van der Waals surface area contributed by atoms with Crippen molar-refractivity contribution >= 4 is 37.9 Å². The smallest absolute Gasteiger partial charge is 0.305 e. The Bertz CT molecular complexity index is 2640. The molecule has 1 unspecified atom stereocenters. The van der Waals surface area contributed by atoms with Crippen molar-refractivity contribution in [1.29, 1.82) is 5.26 Å². The molecule has 1 saturated heterocycles. The second-order valence-corrected chi connectivity index (χ2v) is 22.1. The third-order valence-corrected chi connectivity index (χ3v) is 16.1. The molecule has 0 bridgehead atoms. The topological polar surface area (TPSA) is 197 Å². The molecule has 3 aromatic carbocycles. The maximum absolute atomic E-state index is 13.7. The summed E-state index contributed by atoms with van der Waals surface area (Å²) in [4.78, 5) is 43.4. The Hall–Kier alpha value is -5.77. The van der Waals surface area contributed by atoms with E-state index < -0.39 is 44.2 Å². The number of H-pyrrole nitrogens is 1. The van der Waals surface area contributed by atoms with Crippen LogP contribution in [0.1, 0.15) is 147 Å². The third kappa shape index (κ3) is 17.6. The number of nitrogens with one attached hydrogen (secondary N) is 1. The number of carbonyl (C=O) groups is 1. The third-order valence-electron chi connectivity index (χ3n) is 14.0. The summed E-state index contributed by atoms with van der Waals surface area (Å²) in [6.45, 7) is 8.94. The van der Waals surface area contributed by atoms with Crippen molar-refractivity contribution in [1.82, 2.24) is 29.1 Å². The summed E-state index contributed by atoms with van der Waals surface area (Å²) >= 11 is 0. The van der Waals surface area contributed by atoms with Crippen LogP contribution < -0.4 is 15.0 Å². The van der Waals surface area contributed by atoms with Crippen molar-refractivity contribution in [2.24, 2.45) is 4.99 Å². The van der Waals surface area contributed by atoms with Gasteiger partial charge in [-0.25, -0.2) is 14.6 Å². The summed E-state index contributed by atoms with van der Waals surface area (Å²) in [5.74, 6) is 1.37. The number of fused-ring (bicyclic) bond motifs is 1. The van der Waals surface area contributed by atoms with Crippen molar-refractivity contribution in [3.63, 3.8) is 0 Å². The molecule has 1 aliphatic rings. The zero-order valence-electron chi connectivity index (χ0n) is 48.0. The molecule has 0 aliphatic carbocycles. The average molecular weight is 1110 g/mol. The van der Waals surface area contributed by atoms with E-state index in [4.69, 9.17) is 42.5 Å². The van der Waals surface area contributed by atoms with Crippen molar-refractivity contribution in [3.8, 4) is 17.6 Å². The molecule has 6 rings (SSSR count). The molecule has 1 N–H and O–H groups in total. The maximum Gasteiger partial charge on any atom is 0.305 e. The first-order valence-electron chi connectivity index (χ1n) is 28.1. The molecule has 5 aromatic rings. The molecule has 3 heterocycles. The largest absolute Gasteiger partial charge is 0.497 e. The summed E-state index contributed by atoms with van der Waals surface area (Å²) in [5.41, 5.74) is 1.27. The molecule has 0 spiro atoms. The molecule has 79 heavy (non-hydrogen) atoms. The highest BCUT2D eigenvalue weighted by atomic mass is 31.2. The van der Waals surface area contributed by atoms with Gasteiger partial charge in [0.2, 0.25) is 5.95 Å².